The predicted octanol–water partition coefficient (Wildman–Crippen LogP) is 3.38. The molecule has 0 atom stereocenters. The van der Waals surface area contributed by atoms with Crippen molar-refractivity contribution in [1.29, 1.82) is 0 Å². The Morgan fingerprint density at radius 2 is 1.80 bits per heavy atom. The van der Waals surface area contributed by atoms with Gasteiger partial charge >= 0.3 is 0 Å². The van der Waals surface area contributed by atoms with Crippen LogP contribution in [0, 0.1) is 6.92 Å². The lowest BCUT2D eigenvalue weighted by Gasteiger charge is -2.06. The first kappa shape index (κ1) is 14.7. The monoisotopic (exact) mass is 293 g/mol. The van der Waals surface area contributed by atoms with E-state index in [0.717, 1.165) is 17.2 Å². The highest BCUT2D eigenvalue weighted by atomic mass is 32.2. The van der Waals surface area contributed by atoms with Gasteiger partial charge in [-0.15, -0.1) is 0 Å². The molecule has 0 amide bonds. The molecule has 2 rings (SSSR count). The van der Waals surface area contributed by atoms with Crippen molar-refractivity contribution in [3.8, 4) is 0 Å². The minimum Gasteiger partial charge on any atom is -0.465 e. The quantitative estimate of drug-likeness (QED) is 0.887. The van der Waals surface area contributed by atoms with E-state index < -0.39 is 9.84 Å². The van der Waals surface area contributed by atoms with Crippen molar-refractivity contribution in [1.82, 2.24) is 0 Å². The molecule has 0 saturated heterocycles. The standard InChI is InChI=1S/C15H19NO3S/c1-3-10-20(17,18)15-8-5-13(6-9-15)16-11-14-7-4-12(2)19-14/h4-9,16H,3,10-11H2,1-2H3. The molecule has 0 aliphatic carbocycles. The third kappa shape index (κ3) is 3.63. The van der Waals surface area contributed by atoms with Gasteiger partial charge in [0.1, 0.15) is 11.5 Å². The van der Waals surface area contributed by atoms with Crippen LogP contribution in [0.25, 0.3) is 0 Å². The summed E-state index contributed by atoms with van der Waals surface area (Å²) in [6.45, 7) is 4.34. The highest BCUT2D eigenvalue weighted by Crippen LogP contribution is 2.17. The molecule has 0 unspecified atom stereocenters. The molecule has 0 fully saturated rings. The van der Waals surface area contributed by atoms with Gasteiger partial charge in [-0.05, 0) is 49.7 Å². The maximum Gasteiger partial charge on any atom is 0.178 e. The Hall–Kier alpha value is -1.75. The average Bonchev–Trinajstić information content (AvgIpc) is 2.83. The van der Waals surface area contributed by atoms with Crippen molar-refractivity contribution < 1.29 is 12.8 Å². The number of anilines is 1. The van der Waals surface area contributed by atoms with Gasteiger partial charge in [0.15, 0.2) is 9.84 Å². The first-order chi connectivity index (χ1) is 9.51. The van der Waals surface area contributed by atoms with E-state index >= 15 is 0 Å². The van der Waals surface area contributed by atoms with Crippen LogP contribution in [0.3, 0.4) is 0 Å². The van der Waals surface area contributed by atoms with Gasteiger partial charge in [-0.3, -0.25) is 0 Å². The largest absolute Gasteiger partial charge is 0.465 e. The van der Waals surface area contributed by atoms with Crippen LogP contribution in [0.5, 0.6) is 0 Å². The summed E-state index contributed by atoms with van der Waals surface area (Å²) < 4.78 is 29.2. The van der Waals surface area contributed by atoms with Gasteiger partial charge in [0, 0.05) is 5.69 Å². The van der Waals surface area contributed by atoms with Crippen molar-refractivity contribution in [3.63, 3.8) is 0 Å². The fourth-order valence-corrected chi connectivity index (χ4v) is 3.26. The molecule has 0 radical (unpaired) electrons. The Balaban J connectivity index is 2.01. The molecule has 0 spiro atoms. The van der Waals surface area contributed by atoms with Gasteiger partial charge in [-0.1, -0.05) is 6.92 Å². The molecule has 4 nitrogen and oxygen atoms in total. The topological polar surface area (TPSA) is 59.3 Å². The molecule has 108 valence electrons. The van der Waals surface area contributed by atoms with Crippen molar-refractivity contribution in [2.24, 2.45) is 0 Å². The van der Waals surface area contributed by atoms with E-state index in [1.165, 1.54) is 0 Å². The average molecular weight is 293 g/mol. The van der Waals surface area contributed by atoms with Crippen molar-refractivity contribution >= 4 is 15.5 Å². The lowest BCUT2D eigenvalue weighted by molar-refractivity contribution is 0.490. The van der Waals surface area contributed by atoms with E-state index in [-0.39, 0.29) is 5.75 Å². The lowest BCUT2D eigenvalue weighted by atomic mass is 10.3. The summed E-state index contributed by atoms with van der Waals surface area (Å²) in [5, 5.41) is 3.20. The molecule has 1 aromatic heterocycles. The van der Waals surface area contributed by atoms with E-state index in [1.807, 2.05) is 26.0 Å². The summed E-state index contributed by atoms with van der Waals surface area (Å²) in [6, 6.07) is 10.7. The zero-order valence-electron chi connectivity index (χ0n) is 11.7. The van der Waals surface area contributed by atoms with Gasteiger partial charge in [-0.2, -0.15) is 0 Å². The summed E-state index contributed by atoms with van der Waals surface area (Å²) >= 11 is 0. The minimum atomic E-state index is -3.14. The van der Waals surface area contributed by atoms with Crippen LogP contribution >= 0.6 is 0 Å². The summed E-state index contributed by atoms with van der Waals surface area (Å²) in [5.74, 6) is 1.92. The van der Waals surface area contributed by atoms with Gasteiger partial charge < -0.3 is 9.73 Å². The summed E-state index contributed by atoms with van der Waals surface area (Å²) in [7, 11) is -3.14. The highest BCUT2D eigenvalue weighted by Gasteiger charge is 2.12. The SMILES string of the molecule is CCCS(=O)(=O)c1ccc(NCc2ccc(C)o2)cc1. The molecular formula is C15H19NO3S. The molecule has 2 aromatic rings. The number of hydrogen-bond acceptors (Lipinski definition) is 4. The van der Waals surface area contributed by atoms with E-state index in [0.29, 0.717) is 17.9 Å². The van der Waals surface area contributed by atoms with E-state index in [1.54, 1.807) is 24.3 Å². The van der Waals surface area contributed by atoms with E-state index in [9.17, 15) is 8.42 Å². The van der Waals surface area contributed by atoms with Gasteiger partial charge in [-0.25, -0.2) is 8.42 Å². The number of aryl methyl sites for hydroxylation is 1. The van der Waals surface area contributed by atoms with Crippen LogP contribution in [0.1, 0.15) is 24.9 Å². The Kier molecular flexibility index (Phi) is 4.49. The van der Waals surface area contributed by atoms with Gasteiger partial charge in [0.05, 0.1) is 17.2 Å². The fourth-order valence-electron chi connectivity index (χ4n) is 1.94. The number of hydrogen-bond donors (Lipinski definition) is 1. The molecule has 0 bridgehead atoms. The van der Waals surface area contributed by atoms with Crippen LogP contribution in [-0.2, 0) is 16.4 Å². The van der Waals surface area contributed by atoms with E-state index in [2.05, 4.69) is 5.32 Å². The third-order valence-electron chi connectivity index (χ3n) is 2.95. The predicted molar refractivity (Wildman–Crippen MR) is 79.6 cm³/mol. The summed E-state index contributed by atoms with van der Waals surface area (Å²) in [4.78, 5) is 0.374. The second-order valence-electron chi connectivity index (χ2n) is 4.71. The maximum absolute atomic E-state index is 11.9. The first-order valence-corrected chi connectivity index (χ1v) is 8.28. The summed E-state index contributed by atoms with van der Waals surface area (Å²) in [5.41, 5.74) is 0.870. The maximum atomic E-state index is 11.9. The molecule has 0 saturated carbocycles. The number of rotatable bonds is 6. The van der Waals surface area contributed by atoms with Gasteiger partial charge in [0.25, 0.3) is 0 Å². The number of nitrogens with one attached hydrogen (secondary N) is 1. The Morgan fingerprint density at radius 1 is 1.10 bits per heavy atom. The molecule has 1 heterocycles. The first-order valence-electron chi connectivity index (χ1n) is 6.63. The Morgan fingerprint density at radius 3 is 2.35 bits per heavy atom. The minimum absolute atomic E-state index is 0.186. The van der Waals surface area contributed by atoms with Crippen molar-refractivity contribution in [2.75, 3.05) is 11.1 Å². The number of sulfone groups is 1. The van der Waals surface area contributed by atoms with Crippen molar-refractivity contribution in [3.05, 3.63) is 47.9 Å². The lowest BCUT2D eigenvalue weighted by Crippen LogP contribution is -2.06. The van der Waals surface area contributed by atoms with Crippen LogP contribution < -0.4 is 5.32 Å². The third-order valence-corrected chi connectivity index (χ3v) is 4.89. The van der Waals surface area contributed by atoms with Crippen molar-refractivity contribution in [2.45, 2.75) is 31.7 Å². The molecule has 1 aromatic carbocycles. The van der Waals surface area contributed by atoms with Gasteiger partial charge in [0.2, 0.25) is 0 Å². The molecule has 5 heteroatoms. The van der Waals surface area contributed by atoms with Crippen LogP contribution in [0.2, 0.25) is 0 Å². The van der Waals surface area contributed by atoms with Crippen LogP contribution in [0.15, 0.2) is 45.7 Å². The van der Waals surface area contributed by atoms with Crippen LogP contribution in [0.4, 0.5) is 5.69 Å². The van der Waals surface area contributed by atoms with E-state index in [4.69, 9.17) is 4.42 Å². The smallest absolute Gasteiger partial charge is 0.178 e. The second kappa shape index (κ2) is 6.13. The molecule has 0 aliphatic heterocycles. The zero-order chi connectivity index (χ0) is 14.6. The number of benzene rings is 1. The Bertz CT molecular complexity index is 657. The molecular weight excluding hydrogens is 274 g/mol. The summed E-state index contributed by atoms with van der Waals surface area (Å²) in [6.07, 6.45) is 0.625. The number of furan rings is 1. The normalized spacial score (nSPS) is 11.5. The van der Waals surface area contributed by atoms with Crippen LogP contribution in [-0.4, -0.2) is 14.2 Å². The fraction of sp³-hybridized carbons (Fsp3) is 0.333. The highest BCUT2D eigenvalue weighted by molar-refractivity contribution is 7.91. The zero-order valence-corrected chi connectivity index (χ0v) is 12.5. The molecule has 1 N–H and O–H groups in total. The molecule has 0 aliphatic rings. The Labute approximate surface area is 119 Å². The second-order valence-corrected chi connectivity index (χ2v) is 6.82. The molecule has 20 heavy (non-hydrogen) atoms.